The van der Waals surface area contributed by atoms with E-state index in [0.29, 0.717) is 35.0 Å². The molecule has 0 fully saturated rings. The maximum atomic E-state index is 12.9. The highest BCUT2D eigenvalue weighted by molar-refractivity contribution is 7.04. The minimum absolute atomic E-state index is 0. The van der Waals surface area contributed by atoms with Crippen LogP contribution in [0.5, 0.6) is 23.0 Å². The lowest BCUT2D eigenvalue weighted by molar-refractivity contribution is 0.174. The fourth-order valence-corrected chi connectivity index (χ4v) is 10.6. The quantitative estimate of drug-likeness (QED) is 0.109. The Balaban J connectivity index is 0.000000155. The molecule has 12 rings (SSSR count). The molecule has 0 atom stereocenters. The number of fused-ring (bicyclic) bond motifs is 1. The molecule has 79 heavy (non-hydrogen) atoms. The molecule has 1 aliphatic rings. The Morgan fingerprint density at radius 1 is 0.380 bits per heavy atom. The van der Waals surface area contributed by atoms with Gasteiger partial charge in [-0.1, -0.05) is 173 Å². The largest absolute Gasteiger partial charge is 0.457 e. The van der Waals surface area contributed by atoms with Gasteiger partial charge in [-0.25, -0.2) is 40.0 Å². The van der Waals surface area contributed by atoms with Gasteiger partial charge in [-0.05, 0) is 88.8 Å². The van der Waals surface area contributed by atoms with Crippen LogP contribution in [0.4, 0.5) is 0 Å². The first-order valence-corrected chi connectivity index (χ1v) is 26.4. The minimum Gasteiger partial charge on any atom is -0.457 e. The summed E-state index contributed by atoms with van der Waals surface area (Å²) in [4.78, 5) is 74.3. The summed E-state index contributed by atoms with van der Waals surface area (Å²) >= 11 is 2.72. The van der Waals surface area contributed by atoms with Crippen LogP contribution in [-0.2, 0) is 26.1 Å². The SMILES string of the molecule is C.C.O=c1sn(-c2ccc(Oc3ccccc3)cc2)c(=O)n1Cc1ccccc1.O=c1sn(-c2ccc3c(c2)OCO3)c(=O)n1Cc1ccccc1.O=c1sn(-c2ccccc2Cc2ccccc2)c(=O)n1Cc1ccccc1. The van der Waals surface area contributed by atoms with E-state index in [0.717, 1.165) is 73.9 Å². The molecule has 18 heteroatoms. The monoisotopic (exact) mass is 1110 g/mol. The van der Waals surface area contributed by atoms with E-state index in [1.807, 2.05) is 164 Å². The number of rotatable bonds is 13. The van der Waals surface area contributed by atoms with Crippen LogP contribution in [0.1, 0.15) is 42.7 Å². The summed E-state index contributed by atoms with van der Waals surface area (Å²) in [6.07, 6.45) is 0.703. The normalized spacial score (nSPS) is 11.0. The van der Waals surface area contributed by atoms with E-state index in [4.69, 9.17) is 14.2 Å². The highest BCUT2D eigenvalue weighted by Crippen LogP contribution is 2.33. The fourth-order valence-electron chi connectivity index (χ4n) is 8.20. The molecule has 0 aliphatic carbocycles. The Bertz CT molecular complexity index is 4130. The van der Waals surface area contributed by atoms with Gasteiger partial charge in [-0.2, -0.15) is 0 Å². The van der Waals surface area contributed by atoms with Crippen molar-refractivity contribution in [1.82, 2.24) is 25.6 Å². The first kappa shape index (κ1) is 55.9. The zero-order chi connectivity index (χ0) is 53.1. The number of benzene rings is 8. The van der Waals surface area contributed by atoms with Crippen LogP contribution in [0.2, 0.25) is 0 Å². The molecule has 0 amide bonds. The van der Waals surface area contributed by atoms with E-state index < -0.39 is 0 Å². The molecule has 4 heterocycles. The number of para-hydroxylation sites is 2. The van der Waals surface area contributed by atoms with E-state index in [9.17, 15) is 28.8 Å². The molecule has 0 saturated heterocycles. The summed E-state index contributed by atoms with van der Waals surface area (Å²) in [6.45, 7) is 0.964. The first-order valence-electron chi connectivity index (χ1n) is 24.1. The predicted octanol–water partition coefficient (Wildman–Crippen LogP) is 10.7. The lowest BCUT2D eigenvalue weighted by Crippen LogP contribution is -2.29. The lowest BCUT2D eigenvalue weighted by atomic mass is 10.0. The van der Waals surface area contributed by atoms with Crippen molar-refractivity contribution < 1.29 is 14.2 Å². The first-order chi connectivity index (χ1) is 37.6. The van der Waals surface area contributed by atoms with Crippen LogP contribution in [0.3, 0.4) is 0 Å². The summed E-state index contributed by atoms with van der Waals surface area (Å²) in [5, 5.41) is 0. The van der Waals surface area contributed by atoms with Gasteiger partial charge in [-0.15, -0.1) is 0 Å². The second-order valence-corrected chi connectivity index (χ2v) is 19.9. The van der Waals surface area contributed by atoms with Crippen LogP contribution in [0, 0.1) is 0 Å². The molecule has 0 unspecified atom stereocenters. The number of aromatic nitrogens is 6. The molecule has 8 aromatic carbocycles. The summed E-state index contributed by atoms with van der Waals surface area (Å²) in [5.74, 6) is 2.61. The van der Waals surface area contributed by atoms with Crippen molar-refractivity contribution in [2.75, 3.05) is 6.79 Å². The molecule has 1 aliphatic heterocycles. The molecular weight excluding hydrogens is 1060 g/mol. The minimum atomic E-state index is -0.359. The van der Waals surface area contributed by atoms with Crippen molar-refractivity contribution in [2.24, 2.45) is 0 Å². The maximum absolute atomic E-state index is 12.9. The molecule has 0 saturated carbocycles. The summed E-state index contributed by atoms with van der Waals surface area (Å²) < 4.78 is 24.4. The Labute approximate surface area is 466 Å². The zero-order valence-electron chi connectivity index (χ0n) is 40.9. The second kappa shape index (κ2) is 26.1. The van der Waals surface area contributed by atoms with E-state index in [1.54, 1.807) is 42.5 Å². The van der Waals surface area contributed by atoms with Crippen LogP contribution in [0.15, 0.2) is 247 Å². The van der Waals surface area contributed by atoms with Gasteiger partial charge >= 0.3 is 31.7 Å². The third-order valence-electron chi connectivity index (χ3n) is 12.0. The molecule has 0 radical (unpaired) electrons. The van der Waals surface area contributed by atoms with Crippen molar-refractivity contribution in [3.05, 3.63) is 307 Å². The van der Waals surface area contributed by atoms with Gasteiger partial charge in [0.05, 0.1) is 36.7 Å². The van der Waals surface area contributed by atoms with Gasteiger partial charge in [0, 0.05) is 40.7 Å². The van der Waals surface area contributed by atoms with Crippen LogP contribution in [0.25, 0.3) is 17.1 Å². The number of hydrogen-bond acceptors (Lipinski definition) is 12. The molecule has 15 nitrogen and oxygen atoms in total. The number of nitrogens with zero attached hydrogens (tertiary/aromatic N) is 6. The van der Waals surface area contributed by atoms with Crippen molar-refractivity contribution in [1.29, 1.82) is 0 Å². The van der Waals surface area contributed by atoms with Gasteiger partial charge in [0.1, 0.15) is 11.5 Å². The molecule has 0 spiro atoms. The average molecular weight is 1110 g/mol. The lowest BCUT2D eigenvalue weighted by Gasteiger charge is -2.09. The smallest absolute Gasteiger partial charge is 0.346 e. The highest BCUT2D eigenvalue weighted by Gasteiger charge is 2.19. The van der Waals surface area contributed by atoms with Gasteiger partial charge in [-0.3, -0.25) is 14.4 Å². The second-order valence-electron chi connectivity index (χ2n) is 17.3. The molecule has 11 aromatic rings. The summed E-state index contributed by atoms with van der Waals surface area (Å²) in [6, 6.07) is 68.0. The standard InChI is InChI=1S/C22H18N2O2S.C21H16N2O3S.C16H12N2O4S.2CH4/c25-21-23(16-18-11-5-2-6-12-18)22(26)27-24(21)20-14-8-7-13-19(20)15-17-9-3-1-4-10-17;24-20-22(15-16-7-3-1-4-8-16)21(25)27-23(20)17-11-13-19(14-12-17)26-18-9-5-2-6-10-18;19-15-17(9-11-4-2-1-3-5-11)16(20)23-18(15)12-6-7-13-14(8-12)22-10-21-13;;/h1-14H,15-16H2;1-14H,15H2;1-8H,9-10H2;2*1H4. The number of ether oxygens (including phenoxy) is 3. The zero-order valence-corrected chi connectivity index (χ0v) is 43.4. The van der Waals surface area contributed by atoms with E-state index in [1.165, 1.54) is 25.6 Å². The Morgan fingerprint density at radius 2 is 0.759 bits per heavy atom. The van der Waals surface area contributed by atoms with Crippen LogP contribution < -0.4 is 45.9 Å². The van der Waals surface area contributed by atoms with E-state index in [-0.39, 0.29) is 73.0 Å². The third kappa shape index (κ3) is 13.4. The summed E-state index contributed by atoms with van der Waals surface area (Å²) in [7, 11) is 0. The fraction of sp³-hybridized carbons (Fsp3) is 0.115. The predicted molar refractivity (Wildman–Crippen MR) is 315 cm³/mol. The van der Waals surface area contributed by atoms with Gasteiger partial charge in [0.15, 0.2) is 11.5 Å². The molecule has 3 aromatic heterocycles. The van der Waals surface area contributed by atoms with Crippen LogP contribution in [-0.4, -0.2) is 32.4 Å². The van der Waals surface area contributed by atoms with Gasteiger partial charge in [0.25, 0.3) is 0 Å². The van der Waals surface area contributed by atoms with E-state index >= 15 is 0 Å². The average Bonchev–Trinajstić information content (AvgIpc) is 4.26. The van der Waals surface area contributed by atoms with Crippen molar-refractivity contribution >= 4 is 34.6 Å². The topological polar surface area (TPSA) is 160 Å². The maximum Gasteiger partial charge on any atom is 0.346 e. The Kier molecular flexibility index (Phi) is 18.5. The highest BCUT2D eigenvalue weighted by atomic mass is 32.1. The summed E-state index contributed by atoms with van der Waals surface area (Å²) in [5.41, 5.74) is 5.91. The van der Waals surface area contributed by atoms with Gasteiger partial charge in [0.2, 0.25) is 6.79 Å². The van der Waals surface area contributed by atoms with Crippen LogP contribution >= 0.6 is 34.6 Å². The number of hydrogen-bond donors (Lipinski definition) is 0. The molecule has 0 N–H and O–H groups in total. The van der Waals surface area contributed by atoms with Crippen molar-refractivity contribution in [2.45, 2.75) is 40.9 Å². The molecular formula is C61H54N6O9S3. The van der Waals surface area contributed by atoms with Gasteiger partial charge < -0.3 is 14.2 Å². The van der Waals surface area contributed by atoms with E-state index in [2.05, 4.69) is 12.1 Å². The Morgan fingerprint density at radius 3 is 1.27 bits per heavy atom. The third-order valence-corrected chi connectivity index (χ3v) is 14.8. The van der Waals surface area contributed by atoms with Crippen molar-refractivity contribution in [3.63, 3.8) is 0 Å². The molecule has 400 valence electrons. The van der Waals surface area contributed by atoms with Crippen molar-refractivity contribution in [3.8, 4) is 40.1 Å². The molecule has 0 bridgehead atoms. The Hall–Kier alpha value is -9.36.